The van der Waals surface area contributed by atoms with Gasteiger partial charge in [-0.05, 0) is 85.9 Å². The van der Waals surface area contributed by atoms with Gasteiger partial charge in [0.15, 0.2) is 0 Å². The van der Waals surface area contributed by atoms with Crippen molar-refractivity contribution in [3.8, 4) is 0 Å². The lowest BCUT2D eigenvalue weighted by atomic mass is 9.34. The zero-order valence-electron chi connectivity index (χ0n) is 26.5. The lowest BCUT2D eigenvalue weighted by Crippen LogP contribution is -2.67. The molecule has 5 aliphatic rings. The molecular formula is C34H52O7. The highest BCUT2D eigenvalue weighted by Gasteiger charge is 2.71. The number of aliphatic hydroxyl groups excluding tert-OH is 1. The third-order valence-corrected chi connectivity index (χ3v) is 13.1. The maximum atomic E-state index is 13.6. The Morgan fingerprint density at radius 3 is 2.32 bits per heavy atom. The summed E-state index contributed by atoms with van der Waals surface area (Å²) in [5.74, 6) is -0.361. The van der Waals surface area contributed by atoms with E-state index < -0.39 is 35.8 Å². The maximum Gasteiger partial charge on any atom is 0.335 e. The number of hydrogen-bond acceptors (Lipinski definition) is 7. The van der Waals surface area contributed by atoms with Crippen molar-refractivity contribution in [1.82, 2.24) is 0 Å². The molecule has 4 aliphatic carbocycles. The highest BCUT2D eigenvalue weighted by molar-refractivity contribution is 5.95. The van der Waals surface area contributed by atoms with Gasteiger partial charge >= 0.3 is 17.9 Å². The van der Waals surface area contributed by atoms with Crippen LogP contribution in [0.3, 0.4) is 0 Å². The second-order valence-electron chi connectivity index (χ2n) is 15.0. The third kappa shape index (κ3) is 4.50. The number of hydrogen-bond donors (Lipinski definition) is 1. The molecule has 4 unspecified atom stereocenters. The molecule has 0 radical (unpaired) electrons. The first-order valence-corrected chi connectivity index (χ1v) is 16.2. The Balaban J connectivity index is 1.66. The zero-order chi connectivity index (χ0) is 30.1. The minimum atomic E-state index is -0.780. The van der Waals surface area contributed by atoms with E-state index in [1.165, 1.54) is 19.8 Å². The van der Waals surface area contributed by atoms with Gasteiger partial charge in [-0.25, -0.2) is 4.79 Å². The van der Waals surface area contributed by atoms with Gasteiger partial charge in [0.1, 0.15) is 18.3 Å². The van der Waals surface area contributed by atoms with Gasteiger partial charge in [-0.15, -0.1) is 0 Å². The largest absolute Gasteiger partial charge is 0.461 e. The summed E-state index contributed by atoms with van der Waals surface area (Å²) >= 11 is 0. The second-order valence-corrected chi connectivity index (χ2v) is 15.0. The molecule has 0 amide bonds. The Morgan fingerprint density at radius 2 is 1.68 bits per heavy atom. The predicted molar refractivity (Wildman–Crippen MR) is 154 cm³/mol. The molecule has 7 nitrogen and oxygen atoms in total. The van der Waals surface area contributed by atoms with E-state index in [0.717, 1.165) is 31.3 Å². The number of fused-ring (bicyclic) bond motifs is 6. The molecule has 41 heavy (non-hydrogen) atoms. The van der Waals surface area contributed by atoms with Crippen LogP contribution >= 0.6 is 0 Å². The topological polar surface area (TPSA) is 99.1 Å². The minimum absolute atomic E-state index is 0.0452. The first kappa shape index (κ1) is 30.6. The molecule has 0 bridgehead atoms. The third-order valence-electron chi connectivity index (χ3n) is 13.1. The van der Waals surface area contributed by atoms with Crippen molar-refractivity contribution in [1.29, 1.82) is 0 Å². The van der Waals surface area contributed by atoms with Crippen LogP contribution in [-0.4, -0.2) is 47.4 Å². The number of carbonyl (C=O) groups excluding carboxylic acids is 3. The average Bonchev–Trinajstić information content (AvgIpc) is 3.20. The zero-order valence-corrected chi connectivity index (χ0v) is 26.5. The summed E-state index contributed by atoms with van der Waals surface area (Å²) in [7, 11) is 0. The molecule has 3 fully saturated rings. The Labute approximate surface area is 246 Å². The van der Waals surface area contributed by atoms with Crippen molar-refractivity contribution in [2.75, 3.05) is 0 Å². The van der Waals surface area contributed by atoms with Crippen LogP contribution in [0.2, 0.25) is 0 Å². The van der Waals surface area contributed by atoms with E-state index in [1.54, 1.807) is 0 Å². The van der Waals surface area contributed by atoms with E-state index in [4.69, 9.17) is 14.2 Å². The molecule has 1 heterocycles. The van der Waals surface area contributed by atoms with Crippen LogP contribution in [-0.2, 0) is 28.6 Å². The lowest BCUT2D eigenvalue weighted by molar-refractivity contribution is -0.232. The first-order chi connectivity index (χ1) is 19.2. The summed E-state index contributed by atoms with van der Waals surface area (Å²) in [5.41, 5.74) is 0.713. The maximum absolute atomic E-state index is 13.6. The van der Waals surface area contributed by atoms with Crippen molar-refractivity contribution >= 4 is 17.9 Å². The Kier molecular flexibility index (Phi) is 7.74. The van der Waals surface area contributed by atoms with Crippen molar-refractivity contribution in [3.05, 3.63) is 11.1 Å². The van der Waals surface area contributed by atoms with Gasteiger partial charge in [0.2, 0.25) is 0 Å². The van der Waals surface area contributed by atoms with Gasteiger partial charge in [-0.2, -0.15) is 0 Å². The molecule has 0 spiro atoms. The Bertz CT molecular complexity index is 1130. The van der Waals surface area contributed by atoms with Gasteiger partial charge in [0.05, 0.1) is 18.1 Å². The SMILES string of the molecule is CCC(O)CC(=O)O[C@@H]1CC2[C@@]3(C)CCC[C@](C)(CC)C3CC[C@@]2(C)C2C[C@@H](OC(C)=O)C3=C(C(=O)O[C@H]3C)[C@]21C. The second kappa shape index (κ2) is 10.4. The molecule has 3 saturated carbocycles. The Hall–Kier alpha value is -1.89. The fourth-order valence-electron chi connectivity index (χ4n) is 11.0. The van der Waals surface area contributed by atoms with Gasteiger partial charge in [-0.3, -0.25) is 9.59 Å². The van der Waals surface area contributed by atoms with E-state index in [2.05, 4.69) is 34.6 Å². The molecule has 0 aromatic heterocycles. The van der Waals surface area contributed by atoms with E-state index in [9.17, 15) is 19.5 Å². The van der Waals surface area contributed by atoms with Crippen molar-refractivity contribution in [3.63, 3.8) is 0 Å². The van der Waals surface area contributed by atoms with Gasteiger partial charge in [0.25, 0.3) is 0 Å². The fourth-order valence-corrected chi connectivity index (χ4v) is 11.0. The van der Waals surface area contributed by atoms with Crippen LogP contribution in [0, 0.1) is 39.4 Å². The number of carbonyl (C=O) groups is 3. The summed E-state index contributed by atoms with van der Waals surface area (Å²) in [4.78, 5) is 39.3. The van der Waals surface area contributed by atoms with E-state index >= 15 is 0 Å². The van der Waals surface area contributed by atoms with Crippen LogP contribution in [0.25, 0.3) is 0 Å². The molecule has 11 atom stereocenters. The van der Waals surface area contributed by atoms with Crippen LogP contribution < -0.4 is 0 Å². The molecular weight excluding hydrogens is 520 g/mol. The number of cyclic esters (lactones) is 1. The summed E-state index contributed by atoms with van der Waals surface area (Å²) < 4.78 is 18.1. The Morgan fingerprint density at radius 1 is 1.00 bits per heavy atom. The highest BCUT2D eigenvalue weighted by Crippen LogP contribution is 2.74. The van der Waals surface area contributed by atoms with Gasteiger partial charge in [-0.1, -0.05) is 54.4 Å². The number of esters is 3. The van der Waals surface area contributed by atoms with E-state index in [0.29, 0.717) is 30.8 Å². The van der Waals surface area contributed by atoms with Crippen molar-refractivity contribution < 1.29 is 33.7 Å². The normalized spacial score (nSPS) is 45.9. The van der Waals surface area contributed by atoms with E-state index in [-0.39, 0.29) is 46.4 Å². The molecule has 5 rings (SSSR count). The monoisotopic (exact) mass is 572 g/mol. The molecule has 0 aromatic carbocycles. The first-order valence-electron chi connectivity index (χ1n) is 16.2. The van der Waals surface area contributed by atoms with Crippen molar-refractivity contribution in [2.45, 2.75) is 144 Å². The van der Waals surface area contributed by atoms with Crippen LogP contribution in [0.15, 0.2) is 11.1 Å². The fraction of sp³-hybridized carbons (Fsp3) is 0.853. The summed E-state index contributed by atoms with van der Waals surface area (Å²) in [6.07, 6.45) is 6.25. The molecule has 0 saturated heterocycles. The number of rotatable bonds is 6. The van der Waals surface area contributed by atoms with Crippen LogP contribution in [0.1, 0.15) is 120 Å². The quantitative estimate of drug-likeness (QED) is 0.294. The molecule has 1 N–H and O–H groups in total. The summed E-state index contributed by atoms with van der Waals surface area (Å²) in [5, 5.41) is 10.3. The van der Waals surface area contributed by atoms with Crippen molar-refractivity contribution in [2.24, 2.45) is 39.4 Å². The predicted octanol–water partition coefficient (Wildman–Crippen LogP) is 6.30. The number of ether oxygens (including phenoxy) is 3. The van der Waals surface area contributed by atoms with E-state index in [1.807, 2.05) is 13.8 Å². The van der Waals surface area contributed by atoms with Crippen LogP contribution in [0.4, 0.5) is 0 Å². The van der Waals surface area contributed by atoms with Gasteiger partial charge in [0, 0.05) is 17.9 Å². The smallest absolute Gasteiger partial charge is 0.335 e. The molecule has 0 aromatic rings. The molecule has 1 aliphatic heterocycles. The molecule has 230 valence electrons. The highest BCUT2D eigenvalue weighted by atomic mass is 16.6. The summed E-state index contributed by atoms with van der Waals surface area (Å²) in [6.45, 7) is 16.9. The lowest BCUT2D eigenvalue weighted by Gasteiger charge is -2.70. The standard InChI is InChI=1S/C34H52O7/c1-9-21(36)16-27(37)41-26-18-24-32(6)14-11-13-31(5,10-2)23(32)12-15-33(24,7)25-17-22(40-20(4)35)28-19(3)39-30(38)29(28)34(25,26)8/h19,21-26,36H,9-18H2,1-8H3/t19-,21?,22+,23?,24?,25?,26+,31-,32-,33+,34+/m0/s1. The number of aliphatic hydroxyl groups is 1. The molecule has 7 heteroatoms. The average molecular weight is 573 g/mol. The summed E-state index contributed by atoms with van der Waals surface area (Å²) in [6, 6.07) is 0. The van der Waals surface area contributed by atoms with Crippen LogP contribution in [0.5, 0.6) is 0 Å². The van der Waals surface area contributed by atoms with Gasteiger partial charge < -0.3 is 19.3 Å². The minimum Gasteiger partial charge on any atom is -0.461 e.